The van der Waals surface area contributed by atoms with Gasteiger partial charge in [-0.1, -0.05) is 35.5 Å². The summed E-state index contributed by atoms with van der Waals surface area (Å²) in [6.07, 6.45) is -0.798. The molecule has 5 rings (SSSR count). The molecule has 0 saturated carbocycles. The molecule has 31 heavy (non-hydrogen) atoms. The van der Waals surface area contributed by atoms with Gasteiger partial charge in [0.25, 0.3) is 5.91 Å². The fourth-order valence-electron chi connectivity index (χ4n) is 3.87. The summed E-state index contributed by atoms with van der Waals surface area (Å²) >= 11 is 0. The number of aromatic nitrogens is 3. The standard InChI is InChI=1S/C20H22N8O3/c1-11-8-16(22-19(30)14-9-15(31-26-14)12-6-4-3-5-7-12)28(25-11)20-23-17-13(18(29)24-20)10-21-27(17)2/h3-9,13,17,20-21,23H,10H2,1-2H3,(H,22,30)(H,24,29). The lowest BCUT2D eigenvalue weighted by Gasteiger charge is -2.35. The highest BCUT2D eigenvalue weighted by atomic mass is 16.5. The van der Waals surface area contributed by atoms with E-state index in [1.54, 1.807) is 16.8 Å². The smallest absolute Gasteiger partial charge is 0.279 e. The molecule has 3 atom stereocenters. The number of hydrogen-bond donors (Lipinski definition) is 4. The third-order valence-electron chi connectivity index (χ3n) is 5.45. The molecule has 2 fully saturated rings. The number of amides is 2. The van der Waals surface area contributed by atoms with Crippen LogP contribution in [0.5, 0.6) is 0 Å². The molecular formula is C20H22N8O3. The number of hydrazine groups is 1. The molecule has 11 nitrogen and oxygen atoms in total. The molecule has 0 spiro atoms. The summed E-state index contributed by atoms with van der Waals surface area (Å²) in [4.78, 5) is 25.3. The van der Waals surface area contributed by atoms with E-state index in [0.29, 0.717) is 23.8 Å². The van der Waals surface area contributed by atoms with Gasteiger partial charge in [0, 0.05) is 31.3 Å². The molecule has 2 aliphatic heterocycles. The van der Waals surface area contributed by atoms with Gasteiger partial charge in [0.2, 0.25) is 5.91 Å². The molecule has 3 aromatic rings. The molecule has 2 amide bonds. The summed E-state index contributed by atoms with van der Waals surface area (Å²) in [6, 6.07) is 12.7. The lowest BCUT2D eigenvalue weighted by molar-refractivity contribution is -0.131. The van der Waals surface area contributed by atoms with Crippen LogP contribution in [0, 0.1) is 12.8 Å². The lowest BCUT2D eigenvalue weighted by atomic mass is 10.1. The van der Waals surface area contributed by atoms with Crippen molar-refractivity contribution in [2.75, 3.05) is 18.9 Å². The molecule has 0 aliphatic carbocycles. The normalized spacial score (nSPS) is 23.4. The maximum Gasteiger partial charge on any atom is 0.279 e. The SMILES string of the molecule is Cc1cc(NC(=O)c2cc(-c3ccccc3)on2)n(C2NC(=O)C3CNN(C)C3N2)n1. The quantitative estimate of drug-likeness (QED) is 0.483. The largest absolute Gasteiger partial charge is 0.355 e. The van der Waals surface area contributed by atoms with Crippen molar-refractivity contribution >= 4 is 17.6 Å². The Kier molecular flexibility index (Phi) is 4.77. The van der Waals surface area contributed by atoms with Crippen LogP contribution >= 0.6 is 0 Å². The molecule has 0 radical (unpaired) electrons. The second-order valence-electron chi connectivity index (χ2n) is 7.61. The van der Waals surface area contributed by atoms with Gasteiger partial charge in [0.1, 0.15) is 5.82 Å². The number of aryl methyl sites for hydroxylation is 1. The van der Waals surface area contributed by atoms with Crippen LogP contribution in [0.2, 0.25) is 0 Å². The highest BCUT2D eigenvalue weighted by Crippen LogP contribution is 2.24. The summed E-state index contributed by atoms with van der Waals surface area (Å²) < 4.78 is 6.87. The van der Waals surface area contributed by atoms with E-state index in [0.717, 1.165) is 5.56 Å². The second-order valence-corrected chi connectivity index (χ2v) is 7.61. The molecule has 1 aromatic carbocycles. The molecule has 0 bridgehead atoms. The van der Waals surface area contributed by atoms with Gasteiger partial charge in [0.05, 0.1) is 17.8 Å². The predicted molar refractivity (Wildman–Crippen MR) is 110 cm³/mol. The van der Waals surface area contributed by atoms with Crippen molar-refractivity contribution in [1.29, 1.82) is 0 Å². The van der Waals surface area contributed by atoms with E-state index in [9.17, 15) is 9.59 Å². The minimum absolute atomic E-state index is 0.0833. The molecule has 2 saturated heterocycles. The Morgan fingerprint density at radius 3 is 2.87 bits per heavy atom. The molecule has 3 unspecified atom stereocenters. The first-order chi connectivity index (χ1) is 15.0. The molecule has 4 heterocycles. The minimum Gasteiger partial charge on any atom is -0.355 e. The van der Waals surface area contributed by atoms with Crippen LogP contribution in [0.15, 0.2) is 47.0 Å². The Morgan fingerprint density at radius 1 is 1.26 bits per heavy atom. The van der Waals surface area contributed by atoms with Crippen LogP contribution in [0.25, 0.3) is 11.3 Å². The number of carbonyl (C=O) groups is 2. The monoisotopic (exact) mass is 422 g/mol. The van der Waals surface area contributed by atoms with Crippen LogP contribution in [0.1, 0.15) is 22.5 Å². The number of hydrogen-bond acceptors (Lipinski definition) is 8. The summed E-state index contributed by atoms with van der Waals surface area (Å²) in [5.74, 6) is 0.199. The van der Waals surface area contributed by atoms with Gasteiger partial charge in [0.15, 0.2) is 17.7 Å². The van der Waals surface area contributed by atoms with Gasteiger partial charge < -0.3 is 15.2 Å². The van der Waals surface area contributed by atoms with E-state index >= 15 is 0 Å². The van der Waals surface area contributed by atoms with Crippen molar-refractivity contribution in [1.82, 2.24) is 36.0 Å². The van der Waals surface area contributed by atoms with Crippen molar-refractivity contribution in [3.8, 4) is 11.3 Å². The average molecular weight is 422 g/mol. The highest BCUT2D eigenvalue weighted by Gasteiger charge is 2.43. The van der Waals surface area contributed by atoms with Crippen molar-refractivity contribution in [3.05, 3.63) is 53.9 Å². The summed E-state index contributed by atoms with van der Waals surface area (Å²) in [5, 5.41) is 19.3. The first-order valence-corrected chi connectivity index (χ1v) is 9.92. The molecule has 4 N–H and O–H groups in total. The number of carbonyl (C=O) groups excluding carboxylic acids is 2. The van der Waals surface area contributed by atoms with Crippen molar-refractivity contribution in [3.63, 3.8) is 0 Å². The topological polar surface area (TPSA) is 129 Å². The Hall–Kier alpha value is -3.54. The van der Waals surface area contributed by atoms with E-state index in [1.165, 1.54) is 0 Å². The lowest BCUT2D eigenvalue weighted by Crippen LogP contribution is -2.61. The number of nitrogens with one attached hydrogen (secondary N) is 4. The van der Waals surface area contributed by atoms with E-state index in [-0.39, 0.29) is 23.7 Å². The zero-order valence-electron chi connectivity index (χ0n) is 17.0. The number of benzene rings is 1. The zero-order chi connectivity index (χ0) is 21.5. The molecular weight excluding hydrogens is 400 g/mol. The number of anilines is 1. The summed E-state index contributed by atoms with van der Waals surface area (Å²) in [6.45, 7) is 2.37. The Labute approximate surface area is 177 Å². The Morgan fingerprint density at radius 2 is 2.06 bits per heavy atom. The fraction of sp³-hybridized carbons (Fsp3) is 0.300. The molecule has 2 aromatic heterocycles. The van der Waals surface area contributed by atoms with E-state index in [1.807, 2.05) is 49.3 Å². The van der Waals surface area contributed by atoms with Crippen molar-refractivity contribution < 1.29 is 14.1 Å². The summed E-state index contributed by atoms with van der Waals surface area (Å²) in [7, 11) is 1.87. The van der Waals surface area contributed by atoms with Crippen molar-refractivity contribution in [2.24, 2.45) is 5.92 Å². The first-order valence-electron chi connectivity index (χ1n) is 9.92. The number of rotatable bonds is 4. The predicted octanol–water partition coefficient (Wildman–Crippen LogP) is 0.667. The van der Waals surface area contributed by atoms with Crippen LogP contribution in [-0.2, 0) is 4.79 Å². The molecule has 160 valence electrons. The number of fused-ring (bicyclic) bond motifs is 1. The van der Waals surface area contributed by atoms with Crippen LogP contribution in [0.3, 0.4) is 0 Å². The third kappa shape index (κ3) is 3.58. The summed E-state index contributed by atoms with van der Waals surface area (Å²) in [5.41, 5.74) is 4.81. The number of nitrogens with zero attached hydrogens (tertiary/aromatic N) is 4. The Bertz CT molecular complexity index is 1120. The van der Waals surface area contributed by atoms with Gasteiger partial charge in [-0.15, -0.1) is 0 Å². The fourth-order valence-corrected chi connectivity index (χ4v) is 3.87. The van der Waals surface area contributed by atoms with Crippen molar-refractivity contribution in [2.45, 2.75) is 19.4 Å². The Balaban J connectivity index is 1.36. The van der Waals surface area contributed by atoms with E-state index in [2.05, 4.69) is 31.6 Å². The minimum atomic E-state index is -0.614. The molecule has 2 aliphatic rings. The average Bonchev–Trinajstić information content (AvgIpc) is 3.48. The van der Waals surface area contributed by atoms with Crippen LogP contribution in [-0.4, -0.2) is 51.5 Å². The highest BCUT2D eigenvalue weighted by molar-refractivity contribution is 6.02. The van der Waals surface area contributed by atoms with Gasteiger partial charge in [-0.25, -0.2) is 9.69 Å². The van der Waals surface area contributed by atoms with E-state index < -0.39 is 12.2 Å². The van der Waals surface area contributed by atoms with Gasteiger partial charge in [-0.2, -0.15) is 5.10 Å². The van der Waals surface area contributed by atoms with Gasteiger partial charge >= 0.3 is 0 Å². The molecule has 11 heteroatoms. The van der Waals surface area contributed by atoms with Gasteiger partial charge in [-0.05, 0) is 6.92 Å². The first kappa shape index (κ1) is 19.4. The van der Waals surface area contributed by atoms with Crippen LogP contribution in [0.4, 0.5) is 5.82 Å². The van der Waals surface area contributed by atoms with E-state index in [4.69, 9.17) is 4.52 Å². The maximum absolute atomic E-state index is 12.8. The van der Waals surface area contributed by atoms with Gasteiger partial charge in [-0.3, -0.25) is 20.3 Å². The maximum atomic E-state index is 12.8. The zero-order valence-corrected chi connectivity index (χ0v) is 17.0. The third-order valence-corrected chi connectivity index (χ3v) is 5.45. The van der Waals surface area contributed by atoms with Crippen LogP contribution < -0.4 is 21.4 Å². The second kappa shape index (κ2) is 7.61.